The molecule has 2 aliphatic rings. The molecule has 2 saturated heterocycles. The second-order valence-corrected chi connectivity index (χ2v) is 10.6. The first-order valence-corrected chi connectivity index (χ1v) is 13.4. The number of phosphoric ester groups is 1. The van der Waals surface area contributed by atoms with E-state index in [0.29, 0.717) is 0 Å². The Morgan fingerprint density at radius 1 is 0.976 bits per heavy atom. The molecule has 0 radical (unpaired) electrons. The zero-order valence-electron chi connectivity index (χ0n) is 20.6. The largest absolute Gasteiger partial charge is 0.472 e. The van der Waals surface area contributed by atoms with Crippen molar-refractivity contribution >= 4 is 36.0 Å². The number of imidazole rings is 2. The third kappa shape index (κ3) is 4.76. The van der Waals surface area contributed by atoms with Crippen molar-refractivity contribution in [2.24, 2.45) is 0 Å². The van der Waals surface area contributed by atoms with Gasteiger partial charge >= 0.3 is 7.82 Å². The Morgan fingerprint density at radius 3 is 2.44 bits per heavy atom. The van der Waals surface area contributed by atoms with Crippen LogP contribution in [0.3, 0.4) is 0 Å². The summed E-state index contributed by atoms with van der Waals surface area (Å²) in [6.07, 6.45) is -7.97. The number of aliphatic hydroxyl groups is 4. The minimum atomic E-state index is -5.02. The molecule has 0 amide bonds. The minimum absolute atomic E-state index is 0.0403. The van der Waals surface area contributed by atoms with Crippen molar-refractivity contribution in [2.45, 2.75) is 49.1 Å². The van der Waals surface area contributed by atoms with E-state index < -0.39 is 75.7 Å². The Morgan fingerprint density at radius 2 is 1.68 bits per heavy atom. The molecular weight excluding hydrogens is 575 g/mol. The van der Waals surface area contributed by atoms with Crippen molar-refractivity contribution < 1.29 is 48.4 Å². The topological polar surface area (TPSA) is 301 Å². The van der Waals surface area contributed by atoms with Gasteiger partial charge in [0.15, 0.2) is 35.1 Å². The fraction of sp³-hybridized carbons (Fsp3) is 0.526. The van der Waals surface area contributed by atoms with Gasteiger partial charge in [0.1, 0.15) is 48.5 Å². The predicted octanol–water partition coefficient (Wildman–Crippen LogP) is -3.69. The number of nitrogens with two attached hydrogens (primary N) is 1. The lowest BCUT2D eigenvalue weighted by molar-refractivity contribution is -0.0616. The molecule has 22 heteroatoms. The van der Waals surface area contributed by atoms with Gasteiger partial charge in [0.2, 0.25) is 0 Å². The first kappa shape index (κ1) is 27.7. The Hall–Kier alpha value is -3.50. The lowest BCUT2D eigenvalue weighted by Crippen LogP contribution is -2.36. The maximum absolute atomic E-state index is 13.0. The van der Waals surface area contributed by atoms with Gasteiger partial charge in [-0.05, 0) is 0 Å². The molecule has 0 saturated carbocycles. The summed E-state index contributed by atoms with van der Waals surface area (Å²) in [5.74, 6) is 0.0535. The molecule has 220 valence electrons. The number of hydrogen-bond donors (Lipinski definition) is 7. The van der Waals surface area contributed by atoms with Gasteiger partial charge in [0, 0.05) is 0 Å². The van der Waals surface area contributed by atoms with Gasteiger partial charge in [-0.25, -0.2) is 29.6 Å². The third-order valence-corrected chi connectivity index (χ3v) is 7.69. The van der Waals surface area contributed by atoms with Gasteiger partial charge in [-0.15, -0.1) is 5.10 Å². The summed E-state index contributed by atoms with van der Waals surface area (Å²) in [4.78, 5) is 38.3. The fourth-order valence-electron chi connectivity index (χ4n) is 4.68. The summed E-state index contributed by atoms with van der Waals surface area (Å²) in [6.45, 7) is -1.41. The minimum Gasteiger partial charge on any atom is -0.394 e. The van der Waals surface area contributed by atoms with Crippen molar-refractivity contribution in [3.63, 3.8) is 0 Å². The number of aromatic amines is 1. The van der Waals surface area contributed by atoms with Crippen molar-refractivity contribution in [1.29, 1.82) is 0 Å². The molecular formula is C19H23N10O11P. The molecule has 4 aromatic rings. The number of phosphoric acid groups is 1. The zero-order chi connectivity index (χ0) is 29.1. The highest BCUT2D eigenvalue weighted by molar-refractivity contribution is 7.47. The van der Waals surface area contributed by atoms with Crippen LogP contribution >= 0.6 is 7.82 Å². The van der Waals surface area contributed by atoms with Crippen LogP contribution in [0.2, 0.25) is 0 Å². The first-order valence-electron chi connectivity index (χ1n) is 11.9. The fourth-order valence-corrected chi connectivity index (χ4v) is 5.61. The van der Waals surface area contributed by atoms with E-state index in [1.165, 1.54) is 10.9 Å². The Labute approximate surface area is 226 Å². The summed E-state index contributed by atoms with van der Waals surface area (Å²) in [5.41, 5.74) is 5.40. The van der Waals surface area contributed by atoms with Crippen molar-refractivity contribution in [1.82, 2.24) is 44.5 Å². The second-order valence-electron chi connectivity index (χ2n) is 9.17. The molecule has 2 fully saturated rings. The van der Waals surface area contributed by atoms with Crippen molar-refractivity contribution in [2.75, 3.05) is 18.9 Å². The number of ether oxygens (including phenoxy) is 2. The normalized spacial score (nSPS) is 31.7. The molecule has 4 aromatic heterocycles. The highest BCUT2D eigenvalue weighted by Gasteiger charge is 2.50. The zero-order valence-corrected chi connectivity index (χ0v) is 21.4. The van der Waals surface area contributed by atoms with Gasteiger partial charge in [-0.1, -0.05) is 5.21 Å². The predicted molar refractivity (Wildman–Crippen MR) is 129 cm³/mol. The van der Waals surface area contributed by atoms with Crippen LogP contribution < -0.4 is 11.3 Å². The Kier molecular flexibility index (Phi) is 7.02. The summed E-state index contributed by atoms with van der Waals surface area (Å²) in [7, 11) is -5.02. The summed E-state index contributed by atoms with van der Waals surface area (Å²) in [5, 5.41) is 50.7. The van der Waals surface area contributed by atoms with E-state index in [-0.39, 0.29) is 28.1 Å². The van der Waals surface area contributed by atoms with Crippen molar-refractivity contribution in [3.05, 3.63) is 29.3 Å². The second kappa shape index (κ2) is 10.4. The number of aliphatic hydroxyl groups excluding tert-OH is 4. The first-order chi connectivity index (χ1) is 19.6. The third-order valence-electron chi connectivity index (χ3n) is 6.70. The van der Waals surface area contributed by atoms with Crippen LogP contribution in [-0.4, -0.2) is 120 Å². The molecule has 8 N–H and O–H groups in total. The number of fused-ring (bicyclic) bond motifs is 2. The molecule has 9 atom stereocenters. The van der Waals surface area contributed by atoms with E-state index in [1.807, 2.05) is 0 Å². The van der Waals surface area contributed by atoms with Crippen LogP contribution in [0.25, 0.3) is 22.3 Å². The summed E-state index contributed by atoms with van der Waals surface area (Å²) >= 11 is 0. The SMILES string of the molecule is Nc1ncnc2c1ncn2[C@@H]1OC(CO)[C@@H](O)[C@H]1OP(=O)(O)OC[C@H]1O[C@@H](n2cnc3c(=O)[nH]nnc32)[C@H](O)[C@@H]1O. The van der Waals surface area contributed by atoms with E-state index in [1.54, 1.807) is 0 Å². The van der Waals surface area contributed by atoms with Gasteiger partial charge < -0.3 is 40.5 Å². The maximum atomic E-state index is 13.0. The van der Waals surface area contributed by atoms with E-state index in [2.05, 4.69) is 35.3 Å². The smallest absolute Gasteiger partial charge is 0.394 e. The molecule has 41 heavy (non-hydrogen) atoms. The van der Waals surface area contributed by atoms with Gasteiger partial charge in [-0.2, -0.15) is 0 Å². The van der Waals surface area contributed by atoms with Gasteiger partial charge in [0.25, 0.3) is 5.56 Å². The van der Waals surface area contributed by atoms with E-state index >= 15 is 0 Å². The molecule has 0 bridgehead atoms. The molecule has 0 spiro atoms. The highest BCUT2D eigenvalue weighted by atomic mass is 31.2. The number of H-pyrrole nitrogens is 1. The number of nitrogen functional groups attached to an aromatic ring is 1. The van der Waals surface area contributed by atoms with Crippen LogP contribution in [-0.2, 0) is 23.1 Å². The van der Waals surface area contributed by atoms with E-state index in [4.69, 9.17) is 24.3 Å². The number of nitrogens with zero attached hydrogens (tertiary/aromatic N) is 8. The molecule has 21 nitrogen and oxygen atoms in total. The number of rotatable bonds is 8. The van der Waals surface area contributed by atoms with Crippen LogP contribution in [0.15, 0.2) is 23.8 Å². The summed E-state index contributed by atoms with van der Waals surface area (Å²) < 4.78 is 37.0. The number of aromatic nitrogens is 9. The quantitative estimate of drug-likeness (QED) is 0.0960. The lowest BCUT2D eigenvalue weighted by Gasteiger charge is -2.24. The molecule has 6 rings (SSSR count). The number of nitrogens with one attached hydrogen (secondary N) is 1. The van der Waals surface area contributed by atoms with E-state index in [9.17, 15) is 34.7 Å². The average molecular weight is 598 g/mol. The van der Waals surface area contributed by atoms with Crippen LogP contribution in [0.4, 0.5) is 5.82 Å². The highest BCUT2D eigenvalue weighted by Crippen LogP contribution is 2.50. The monoisotopic (exact) mass is 598 g/mol. The maximum Gasteiger partial charge on any atom is 0.472 e. The molecule has 2 aliphatic heterocycles. The lowest BCUT2D eigenvalue weighted by atomic mass is 10.1. The van der Waals surface area contributed by atoms with Gasteiger partial charge in [-0.3, -0.25) is 23.0 Å². The number of anilines is 1. The average Bonchev–Trinajstić information content (AvgIpc) is 3.70. The van der Waals surface area contributed by atoms with Crippen LogP contribution in [0.5, 0.6) is 0 Å². The Bertz CT molecular complexity index is 1680. The van der Waals surface area contributed by atoms with Crippen molar-refractivity contribution in [3.8, 4) is 0 Å². The molecule has 6 heterocycles. The standard InChI is InChI=1S/C19H23N10O11P/c20-14-8-15(22-3-21-14)28(4-23-8)19-13(11(32)6(1-30)38-19)40-41(35,36)37-2-7-10(31)12(33)18(39-7)29-5-24-9-16(29)25-27-26-17(9)34/h3-7,10-13,18-19,30-33H,1-2H2,(H,35,36)(H2,20,21,22)(H,25,26,34)/t6?,7-,10-,11-,12-,13-,18-,19-/m1/s1. The number of hydrogen-bond acceptors (Lipinski definition) is 17. The molecule has 0 aliphatic carbocycles. The van der Waals surface area contributed by atoms with Crippen LogP contribution in [0, 0.1) is 0 Å². The van der Waals surface area contributed by atoms with Gasteiger partial charge in [0.05, 0.1) is 25.9 Å². The molecule has 2 unspecified atom stereocenters. The molecule has 0 aromatic carbocycles. The van der Waals surface area contributed by atoms with E-state index in [0.717, 1.165) is 17.2 Å². The summed E-state index contributed by atoms with van der Waals surface area (Å²) in [6, 6.07) is 0. The van der Waals surface area contributed by atoms with Crippen LogP contribution in [0.1, 0.15) is 12.5 Å². The Balaban J connectivity index is 1.18.